The van der Waals surface area contributed by atoms with Crippen molar-refractivity contribution in [1.82, 2.24) is 9.78 Å². The lowest BCUT2D eigenvalue weighted by molar-refractivity contribution is -0.0366. The molecule has 2 heterocycles. The molecule has 1 aromatic heterocycles. The molecule has 1 unspecified atom stereocenters. The molecule has 0 aliphatic carbocycles. The van der Waals surface area contributed by atoms with Crippen LogP contribution in [0.15, 0.2) is 18.3 Å². The zero-order valence-electron chi connectivity index (χ0n) is 11.6. The number of rotatable bonds is 2. The van der Waals surface area contributed by atoms with Crippen molar-refractivity contribution in [2.24, 2.45) is 0 Å². The van der Waals surface area contributed by atoms with Crippen molar-refractivity contribution in [1.29, 1.82) is 0 Å². The van der Waals surface area contributed by atoms with Gasteiger partial charge in [0.25, 0.3) is 0 Å². The lowest BCUT2D eigenvalue weighted by Gasteiger charge is -2.23. The Bertz CT molecular complexity index is 693. The molecule has 0 radical (unpaired) electrons. The molecule has 3 rings (SSSR count). The minimum absolute atomic E-state index is 0.118. The summed E-state index contributed by atoms with van der Waals surface area (Å²) in [6, 6.07) is 3.41. The first-order chi connectivity index (χ1) is 10.3. The van der Waals surface area contributed by atoms with E-state index in [2.05, 4.69) is 16.9 Å². The Labute approximate surface area is 121 Å². The summed E-state index contributed by atoms with van der Waals surface area (Å²) < 4.78 is 33.8. The van der Waals surface area contributed by atoms with E-state index >= 15 is 0 Å². The van der Waals surface area contributed by atoms with Gasteiger partial charge in [0.2, 0.25) is 0 Å². The Balaban J connectivity index is 1.97. The summed E-state index contributed by atoms with van der Waals surface area (Å²) in [4.78, 5) is 0. The quantitative estimate of drug-likeness (QED) is 0.790. The van der Waals surface area contributed by atoms with Crippen LogP contribution in [0, 0.1) is 17.7 Å². The molecule has 5 heteroatoms. The second-order valence-corrected chi connectivity index (χ2v) is 5.01. The van der Waals surface area contributed by atoms with Gasteiger partial charge in [0, 0.05) is 13.0 Å². The maximum Gasteiger partial charge on any atom is 0.150 e. The summed E-state index contributed by atoms with van der Waals surface area (Å²) in [7, 11) is 0. The van der Waals surface area contributed by atoms with E-state index in [1.165, 1.54) is 6.20 Å². The highest BCUT2D eigenvalue weighted by atomic mass is 19.1. The number of aromatic nitrogens is 2. The Morgan fingerprint density at radius 3 is 3.05 bits per heavy atom. The van der Waals surface area contributed by atoms with Crippen LogP contribution in [0.25, 0.3) is 10.9 Å². The molecule has 1 atom stereocenters. The summed E-state index contributed by atoms with van der Waals surface area (Å²) in [5.41, 5.74) is 0.982. The van der Waals surface area contributed by atoms with E-state index in [1.807, 2.05) is 0 Å². The third-order valence-corrected chi connectivity index (χ3v) is 3.59. The zero-order chi connectivity index (χ0) is 14.7. The van der Waals surface area contributed by atoms with Crippen LogP contribution in [0.2, 0.25) is 0 Å². The number of benzene rings is 1. The van der Waals surface area contributed by atoms with E-state index in [0.717, 1.165) is 19.3 Å². The van der Waals surface area contributed by atoms with Gasteiger partial charge < -0.3 is 4.74 Å². The van der Waals surface area contributed by atoms with Crippen molar-refractivity contribution >= 4 is 10.9 Å². The summed E-state index contributed by atoms with van der Waals surface area (Å²) in [6.07, 6.45) is 4.52. The standard InChI is InChI=1S/C16H16F2N2O/c17-9-3-1-5-12-7-8-14-13(16(12)18)11-19-20(14)15-6-2-4-10-21-15/h7-8,11,15H,2-4,6,9-10H2. The smallest absolute Gasteiger partial charge is 0.150 e. The second-order valence-electron chi connectivity index (χ2n) is 5.01. The highest BCUT2D eigenvalue weighted by molar-refractivity contribution is 5.81. The maximum atomic E-state index is 14.4. The number of hydrogen-bond acceptors (Lipinski definition) is 2. The molecule has 1 aliphatic rings. The minimum atomic E-state index is -0.520. The van der Waals surface area contributed by atoms with Crippen LogP contribution in [0.4, 0.5) is 8.78 Å². The fourth-order valence-electron chi connectivity index (χ4n) is 2.54. The van der Waals surface area contributed by atoms with Crippen LogP contribution in [0.5, 0.6) is 0 Å². The highest BCUT2D eigenvalue weighted by Gasteiger charge is 2.20. The van der Waals surface area contributed by atoms with E-state index < -0.39 is 12.5 Å². The zero-order valence-corrected chi connectivity index (χ0v) is 11.6. The van der Waals surface area contributed by atoms with Crippen molar-refractivity contribution < 1.29 is 13.5 Å². The van der Waals surface area contributed by atoms with Crippen LogP contribution in [-0.4, -0.2) is 23.1 Å². The van der Waals surface area contributed by atoms with Crippen LogP contribution in [0.1, 0.15) is 37.5 Å². The van der Waals surface area contributed by atoms with E-state index in [4.69, 9.17) is 4.74 Å². The Morgan fingerprint density at radius 1 is 1.38 bits per heavy atom. The molecule has 0 spiro atoms. The third kappa shape index (κ3) is 2.77. The monoisotopic (exact) mass is 290 g/mol. The van der Waals surface area contributed by atoms with Gasteiger partial charge in [-0.05, 0) is 31.4 Å². The summed E-state index contributed by atoms with van der Waals surface area (Å²) in [5.74, 6) is 4.87. The van der Waals surface area contributed by atoms with E-state index in [1.54, 1.807) is 16.8 Å². The van der Waals surface area contributed by atoms with Crippen LogP contribution in [0.3, 0.4) is 0 Å². The summed E-state index contributed by atoms with van der Waals surface area (Å²) in [6.45, 7) is 0.190. The Morgan fingerprint density at radius 2 is 2.29 bits per heavy atom. The largest absolute Gasteiger partial charge is 0.356 e. The molecular formula is C16H16F2N2O. The van der Waals surface area contributed by atoms with Gasteiger partial charge in [-0.1, -0.05) is 11.8 Å². The molecule has 110 valence electrons. The van der Waals surface area contributed by atoms with Crippen molar-refractivity contribution in [2.45, 2.75) is 31.9 Å². The van der Waals surface area contributed by atoms with Gasteiger partial charge in [-0.15, -0.1) is 0 Å². The lowest BCUT2D eigenvalue weighted by atomic mass is 10.1. The van der Waals surface area contributed by atoms with Crippen molar-refractivity contribution in [3.05, 3.63) is 29.7 Å². The molecule has 3 nitrogen and oxygen atoms in total. The van der Waals surface area contributed by atoms with Crippen molar-refractivity contribution in [3.8, 4) is 11.8 Å². The molecule has 0 bridgehead atoms. The summed E-state index contributed by atoms with van der Waals surface area (Å²) >= 11 is 0. The molecule has 1 aliphatic heterocycles. The number of alkyl halides is 1. The molecule has 1 aromatic carbocycles. The third-order valence-electron chi connectivity index (χ3n) is 3.59. The van der Waals surface area contributed by atoms with Gasteiger partial charge in [0.15, 0.2) is 6.23 Å². The van der Waals surface area contributed by atoms with Crippen LogP contribution in [-0.2, 0) is 4.74 Å². The van der Waals surface area contributed by atoms with Crippen LogP contribution >= 0.6 is 0 Å². The topological polar surface area (TPSA) is 27.1 Å². The normalized spacial score (nSPS) is 18.5. The Kier molecular flexibility index (Phi) is 4.16. The first kappa shape index (κ1) is 14.0. The fourth-order valence-corrected chi connectivity index (χ4v) is 2.54. The number of ether oxygens (including phenoxy) is 1. The lowest BCUT2D eigenvalue weighted by Crippen LogP contribution is -2.18. The maximum absolute atomic E-state index is 14.4. The number of fused-ring (bicyclic) bond motifs is 1. The molecule has 2 aromatic rings. The van der Waals surface area contributed by atoms with Gasteiger partial charge in [0.05, 0.1) is 22.7 Å². The SMILES string of the molecule is FCCC#Cc1ccc2c(cnn2C2CCCCO2)c1F. The fraction of sp³-hybridized carbons (Fsp3) is 0.438. The molecule has 0 N–H and O–H groups in total. The minimum Gasteiger partial charge on any atom is -0.356 e. The van der Waals surface area contributed by atoms with Gasteiger partial charge >= 0.3 is 0 Å². The average molecular weight is 290 g/mol. The Hall–Kier alpha value is -1.93. The number of hydrogen-bond donors (Lipinski definition) is 0. The van der Waals surface area contributed by atoms with E-state index in [9.17, 15) is 8.78 Å². The second kappa shape index (κ2) is 6.23. The van der Waals surface area contributed by atoms with Gasteiger partial charge in [-0.2, -0.15) is 5.10 Å². The van der Waals surface area contributed by atoms with E-state index in [0.29, 0.717) is 17.5 Å². The molecular weight excluding hydrogens is 274 g/mol. The average Bonchev–Trinajstić information content (AvgIpc) is 2.95. The van der Waals surface area contributed by atoms with E-state index in [-0.39, 0.29) is 18.2 Å². The first-order valence-electron chi connectivity index (χ1n) is 7.13. The molecule has 1 saturated heterocycles. The molecule has 21 heavy (non-hydrogen) atoms. The molecule has 0 amide bonds. The summed E-state index contributed by atoms with van der Waals surface area (Å²) in [5, 5.41) is 4.69. The predicted molar refractivity (Wildman–Crippen MR) is 76.0 cm³/mol. The van der Waals surface area contributed by atoms with Crippen molar-refractivity contribution in [2.75, 3.05) is 13.3 Å². The van der Waals surface area contributed by atoms with Gasteiger partial charge in [0.1, 0.15) is 12.5 Å². The van der Waals surface area contributed by atoms with Gasteiger partial charge in [-0.3, -0.25) is 4.39 Å². The highest BCUT2D eigenvalue weighted by Crippen LogP contribution is 2.28. The number of nitrogens with zero attached hydrogens (tertiary/aromatic N) is 2. The first-order valence-corrected chi connectivity index (χ1v) is 7.13. The van der Waals surface area contributed by atoms with Crippen molar-refractivity contribution in [3.63, 3.8) is 0 Å². The van der Waals surface area contributed by atoms with Gasteiger partial charge in [-0.25, -0.2) is 9.07 Å². The number of halogens is 2. The van der Waals surface area contributed by atoms with Crippen LogP contribution < -0.4 is 0 Å². The predicted octanol–water partition coefficient (Wildman–Crippen LogP) is 3.59. The molecule has 0 saturated carbocycles. The molecule has 1 fully saturated rings.